The zero-order valence-corrected chi connectivity index (χ0v) is 8.79. The molecule has 0 spiro atoms. The maximum atomic E-state index is 11.1. The molecule has 0 unspecified atom stereocenters. The van der Waals surface area contributed by atoms with Crippen molar-refractivity contribution in [3.8, 4) is 0 Å². The number of rotatable bonds is 2. The molecule has 1 aromatic rings. The second kappa shape index (κ2) is 3.88. The zero-order chi connectivity index (χ0) is 9.14. The Morgan fingerprint density at radius 1 is 1.58 bits per heavy atom. The first-order valence-electron chi connectivity index (χ1n) is 3.66. The van der Waals surface area contributed by atoms with Gasteiger partial charge in [0.15, 0.2) is 0 Å². The minimum absolute atomic E-state index is 0.269. The number of nitrogens with one attached hydrogen (secondary N) is 1. The van der Waals surface area contributed by atoms with Gasteiger partial charge in [-0.3, -0.25) is 9.78 Å². The van der Waals surface area contributed by atoms with E-state index in [0.29, 0.717) is 12.0 Å². The number of hydrogen-bond acceptors (Lipinski definition) is 2. The SMILES string of the molecule is CCCc1cn(I)c(=O)[nH]c1=O. The largest absolute Gasteiger partial charge is 0.337 e. The van der Waals surface area contributed by atoms with Crippen molar-refractivity contribution in [3.05, 3.63) is 32.6 Å². The highest BCUT2D eigenvalue weighted by atomic mass is 127. The first-order valence-corrected chi connectivity index (χ1v) is 4.62. The van der Waals surface area contributed by atoms with Crippen molar-refractivity contribution in [2.24, 2.45) is 0 Å². The lowest BCUT2D eigenvalue weighted by Crippen LogP contribution is -2.27. The van der Waals surface area contributed by atoms with Gasteiger partial charge in [-0.2, -0.15) is 0 Å². The molecule has 66 valence electrons. The van der Waals surface area contributed by atoms with E-state index in [9.17, 15) is 9.59 Å². The van der Waals surface area contributed by atoms with Crippen LogP contribution in [-0.4, -0.2) is 7.76 Å². The van der Waals surface area contributed by atoms with Crippen LogP contribution in [-0.2, 0) is 6.42 Å². The summed E-state index contributed by atoms with van der Waals surface area (Å²) >= 11 is 1.84. The van der Waals surface area contributed by atoms with Crippen LogP contribution in [0.5, 0.6) is 0 Å². The molecule has 1 heterocycles. The Morgan fingerprint density at radius 2 is 2.25 bits per heavy atom. The number of aromatic amines is 1. The summed E-state index contributed by atoms with van der Waals surface area (Å²) in [5.41, 5.74) is 0.0155. The van der Waals surface area contributed by atoms with Gasteiger partial charge in [0.05, 0.1) is 22.9 Å². The van der Waals surface area contributed by atoms with E-state index in [1.54, 1.807) is 6.20 Å². The average molecular weight is 280 g/mol. The molecular weight excluding hydrogens is 271 g/mol. The lowest BCUT2D eigenvalue weighted by Gasteiger charge is -1.97. The van der Waals surface area contributed by atoms with Crippen molar-refractivity contribution in [1.29, 1.82) is 0 Å². The molecule has 0 saturated heterocycles. The van der Waals surface area contributed by atoms with E-state index >= 15 is 0 Å². The molecule has 0 aliphatic heterocycles. The van der Waals surface area contributed by atoms with Crippen LogP contribution in [0, 0.1) is 0 Å². The molecule has 0 aliphatic rings. The van der Waals surface area contributed by atoms with E-state index in [0.717, 1.165) is 6.42 Å². The average Bonchev–Trinajstić information content (AvgIpc) is 2.01. The van der Waals surface area contributed by atoms with Crippen LogP contribution < -0.4 is 11.2 Å². The molecule has 12 heavy (non-hydrogen) atoms. The zero-order valence-electron chi connectivity index (χ0n) is 6.63. The smallest absolute Gasteiger partial charge is 0.273 e. The van der Waals surface area contributed by atoms with E-state index in [-0.39, 0.29) is 11.2 Å². The summed E-state index contributed by atoms with van der Waals surface area (Å²) in [6.45, 7) is 1.99. The highest BCUT2D eigenvalue weighted by molar-refractivity contribution is 14.1. The molecule has 1 aromatic heterocycles. The molecule has 0 saturated carbocycles. The third-order valence-corrected chi connectivity index (χ3v) is 2.21. The van der Waals surface area contributed by atoms with E-state index in [2.05, 4.69) is 4.98 Å². The highest BCUT2D eigenvalue weighted by Gasteiger charge is 2.00. The number of aromatic nitrogens is 2. The topological polar surface area (TPSA) is 54.9 Å². The fraction of sp³-hybridized carbons (Fsp3) is 0.429. The Bertz CT molecular complexity index is 380. The van der Waals surface area contributed by atoms with Crippen LogP contribution >= 0.6 is 22.9 Å². The Balaban J connectivity index is 3.24. The van der Waals surface area contributed by atoms with E-state index in [1.807, 2.05) is 29.8 Å². The Morgan fingerprint density at radius 3 is 2.83 bits per heavy atom. The Labute approximate surface area is 83.1 Å². The predicted octanol–water partition coefficient (Wildman–Crippen LogP) is 0.687. The summed E-state index contributed by atoms with van der Waals surface area (Å²) in [5, 5.41) is 0. The van der Waals surface area contributed by atoms with Gasteiger partial charge < -0.3 is 0 Å². The first-order chi connectivity index (χ1) is 5.65. The lowest BCUT2D eigenvalue weighted by atomic mass is 10.2. The maximum absolute atomic E-state index is 11.1. The number of nitrogens with zero attached hydrogens (tertiary/aromatic N) is 1. The van der Waals surface area contributed by atoms with Crippen molar-refractivity contribution in [1.82, 2.24) is 7.76 Å². The molecule has 0 aliphatic carbocycles. The number of halogens is 1. The summed E-state index contributed by atoms with van der Waals surface area (Å²) < 4.78 is 1.35. The molecule has 5 heteroatoms. The number of H-pyrrole nitrogens is 1. The van der Waals surface area contributed by atoms with Crippen LogP contribution in [0.3, 0.4) is 0 Å². The second-order valence-electron chi connectivity index (χ2n) is 2.47. The van der Waals surface area contributed by atoms with Gasteiger partial charge in [0, 0.05) is 11.8 Å². The quantitative estimate of drug-likeness (QED) is 0.810. The molecule has 0 amide bonds. The lowest BCUT2D eigenvalue weighted by molar-refractivity contribution is 0.867. The Hall–Kier alpha value is -0.590. The molecule has 0 radical (unpaired) electrons. The minimum Gasteiger partial charge on any atom is -0.273 e. The molecule has 4 nitrogen and oxygen atoms in total. The van der Waals surface area contributed by atoms with Crippen LogP contribution in [0.25, 0.3) is 0 Å². The second-order valence-corrected chi connectivity index (χ2v) is 3.51. The molecule has 1 rings (SSSR count). The highest BCUT2D eigenvalue weighted by Crippen LogP contribution is 1.95. The molecule has 0 fully saturated rings. The van der Waals surface area contributed by atoms with Gasteiger partial charge in [-0.05, 0) is 6.42 Å². The summed E-state index contributed by atoms with van der Waals surface area (Å²) in [6.07, 6.45) is 3.18. The predicted molar refractivity (Wildman–Crippen MR) is 54.7 cm³/mol. The van der Waals surface area contributed by atoms with Gasteiger partial charge in [0.2, 0.25) is 0 Å². The van der Waals surface area contributed by atoms with Gasteiger partial charge in [0.25, 0.3) is 5.56 Å². The van der Waals surface area contributed by atoms with Crippen molar-refractivity contribution in [2.75, 3.05) is 0 Å². The standard InChI is InChI=1S/C7H9IN2O2/c1-2-3-5-4-10(8)7(12)9-6(5)11/h4H,2-3H2,1H3,(H,9,11,12). The number of hydrogen-bond donors (Lipinski definition) is 1. The Kier molecular flexibility index (Phi) is 3.07. The fourth-order valence-electron chi connectivity index (χ4n) is 0.932. The van der Waals surface area contributed by atoms with E-state index < -0.39 is 0 Å². The molecule has 0 atom stereocenters. The monoisotopic (exact) mass is 280 g/mol. The van der Waals surface area contributed by atoms with Gasteiger partial charge in [-0.15, -0.1) is 0 Å². The maximum Gasteiger partial charge on any atom is 0.337 e. The van der Waals surface area contributed by atoms with Crippen molar-refractivity contribution in [2.45, 2.75) is 19.8 Å². The van der Waals surface area contributed by atoms with Gasteiger partial charge in [-0.25, -0.2) is 7.58 Å². The molecule has 1 N–H and O–H groups in total. The summed E-state index contributed by atoms with van der Waals surface area (Å²) in [7, 11) is 0. The van der Waals surface area contributed by atoms with Crippen LogP contribution in [0.1, 0.15) is 18.9 Å². The van der Waals surface area contributed by atoms with Gasteiger partial charge >= 0.3 is 5.69 Å². The van der Waals surface area contributed by atoms with Crippen LogP contribution in [0.2, 0.25) is 0 Å². The van der Waals surface area contributed by atoms with Crippen molar-refractivity contribution < 1.29 is 0 Å². The number of aryl methyl sites for hydroxylation is 1. The normalized spacial score (nSPS) is 10.2. The summed E-state index contributed by atoms with van der Waals surface area (Å²) in [6, 6.07) is 0. The fourth-order valence-corrected chi connectivity index (χ4v) is 1.39. The van der Waals surface area contributed by atoms with E-state index in [4.69, 9.17) is 0 Å². The van der Waals surface area contributed by atoms with Crippen LogP contribution in [0.15, 0.2) is 15.8 Å². The first kappa shape index (κ1) is 9.50. The third-order valence-electron chi connectivity index (χ3n) is 1.49. The van der Waals surface area contributed by atoms with Gasteiger partial charge in [0.1, 0.15) is 0 Å². The summed E-state index contributed by atoms with van der Waals surface area (Å²) in [5.74, 6) is 0. The van der Waals surface area contributed by atoms with Crippen LogP contribution in [0.4, 0.5) is 0 Å². The van der Waals surface area contributed by atoms with E-state index in [1.165, 1.54) is 2.78 Å². The minimum atomic E-state index is -0.375. The molecule has 0 bridgehead atoms. The van der Waals surface area contributed by atoms with Crippen molar-refractivity contribution >= 4 is 22.9 Å². The summed E-state index contributed by atoms with van der Waals surface area (Å²) in [4.78, 5) is 24.2. The molecular formula is C7H9IN2O2. The third kappa shape index (κ3) is 1.96. The molecule has 0 aromatic carbocycles. The van der Waals surface area contributed by atoms with Gasteiger partial charge in [-0.1, -0.05) is 13.3 Å². The van der Waals surface area contributed by atoms with Crippen molar-refractivity contribution in [3.63, 3.8) is 0 Å².